The minimum atomic E-state index is -0.294. The van der Waals surface area contributed by atoms with Crippen LogP contribution in [0.3, 0.4) is 0 Å². The minimum absolute atomic E-state index is 0.185. The lowest BCUT2D eigenvalue weighted by Gasteiger charge is -2.51. The Balaban J connectivity index is 1.06. The van der Waals surface area contributed by atoms with Crippen molar-refractivity contribution >= 4 is 32.6 Å². The van der Waals surface area contributed by atoms with E-state index in [0.29, 0.717) is 35.4 Å². The van der Waals surface area contributed by atoms with Crippen LogP contribution in [0, 0.1) is 35.5 Å². The summed E-state index contributed by atoms with van der Waals surface area (Å²) in [5.74, 6) is 6.50. The predicted molar refractivity (Wildman–Crippen MR) is 227 cm³/mol. The second-order valence-electron chi connectivity index (χ2n) is 17.4. The maximum Gasteiger partial charge on any atom is 0.242 e. The molecule has 6 aliphatic rings. The van der Waals surface area contributed by atoms with Gasteiger partial charge in [0.25, 0.3) is 0 Å². The predicted octanol–water partition coefficient (Wildman–Crippen LogP) is 10.6. The second-order valence-corrected chi connectivity index (χ2v) is 17.4. The number of pyridine rings is 2. The molecule has 3 saturated carbocycles. The molecule has 0 radical (unpaired) electrons. The molecule has 0 amide bonds. The van der Waals surface area contributed by atoms with Gasteiger partial charge in [0, 0.05) is 46.8 Å². The number of benzene rings is 3. The fourth-order valence-corrected chi connectivity index (χ4v) is 11.7. The van der Waals surface area contributed by atoms with E-state index in [-0.39, 0.29) is 18.2 Å². The van der Waals surface area contributed by atoms with Gasteiger partial charge in [-0.15, -0.1) is 10.2 Å². The highest BCUT2D eigenvalue weighted by molar-refractivity contribution is 5.91. The molecular weight excluding hydrogens is 723 g/mol. The Labute approximate surface area is 341 Å². The summed E-state index contributed by atoms with van der Waals surface area (Å²) in [6.45, 7) is 6.87. The van der Waals surface area contributed by atoms with Crippen molar-refractivity contribution in [1.29, 1.82) is 0 Å². The molecule has 0 spiro atoms. The maximum absolute atomic E-state index is 7.34. The molecule has 9 heteroatoms. The number of piperidine rings is 3. The van der Waals surface area contributed by atoms with Gasteiger partial charge in [-0.2, -0.15) is 0 Å². The third-order valence-corrected chi connectivity index (χ3v) is 14.8. The molecule has 6 heterocycles. The lowest BCUT2D eigenvalue weighted by molar-refractivity contribution is -0.0492. The molecule has 300 valence electrons. The van der Waals surface area contributed by atoms with E-state index < -0.39 is 0 Å². The Morgan fingerprint density at radius 3 is 1.76 bits per heavy atom. The van der Waals surface area contributed by atoms with E-state index in [0.717, 1.165) is 93.0 Å². The van der Waals surface area contributed by atoms with Crippen molar-refractivity contribution in [1.82, 2.24) is 25.1 Å². The lowest BCUT2D eigenvalue weighted by Crippen LogP contribution is -2.56. The average Bonchev–Trinajstić information content (AvgIpc) is 3.29. The first-order valence-electron chi connectivity index (χ1n) is 21.7. The standard InChI is InChI=1S/C49H55N5O4/c1-5-29-23-33-12-11-31(29)24-40(33)46(36-17-20-50-43-15-13-34(55-3)26-41(36)43)57-48-38-9-7-8-10-39(38)49(53-52-48)58-47(45-25-32-19-22-54(45)28-30(32)6-2)37-18-21-51-44-16-14-35(56-4)27-42(37)44/h7-10,13-18,20-21,26-27,29-33,40,45-47H,5-6,11-12,19,22-25,28H2,1-4H3/t29?,30?,31-,32?,33-,40+,45?,46+,47+/m1/s1. The van der Waals surface area contributed by atoms with Crippen molar-refractivity contribution in [2.45, 2.75) is 83.5 Å². The fraction of sp³-hybridized carbons (Fsp3) is 0.469. The van der Waals surface area contributed by atoms with Crippen LogP contribution in [0.25, 0.3) is 32.6 Å². The first kappa shape index (κ1) is 37.3. The third-order valence-electron chi connectivity index (χ3n) is 14.8. The van der Waals surface area contributed by atoms with E-state index in [1.807, 2.05) is 36.7 Å². The first-order valence-corrected chi connectivity index (χ1v) is 21.7. The molecule has 6 fully saturated rings. The normalized spacial score (nSPS) is 27.4. The lowest BCUT2D eigenvalue weighted by atomic mass is 9.57. The zero-order valence-electron chi connectivity index (χ0n) is 34.2. The zero-order valence-corrected chi connectivity index (χ0v) is 34.2. The molecule has 10 atom stereocenters. The Morgan fingerprint density at radius 1 is 0.621 bits per heavy atom. The van der Waals surface area contributed by atoms with Gasteiger partial charge in [-0.1, -0.05) is 38.8 Å². The molecule has 3 aliphatic carbocycles. The van der Waals surface area contributed by atoms with Gasteiger partial charge in [-0.25, -0.2) is 0 Å². The Bertz CT molecular complexity index is 2270. The zero-order chi connectivity index (χ0) is 39.3. The van der Waals surface area contributed by atoms with Gasteiger partial charge in [0.05, 0.1) is 42.1 Å². The smallest absolute Gasteiger partial charge is 0.242 e. The second kappa shape index (κ2) is 15.6. The number of ether oxygens (including phenoxy) is 4. The van der Waals surface area contributed by atoms with Gasteiger partial charge in [0.2, 0.25) is 11.8 Å². The average molecular weight is 778 g/mol. The van der Waals surface area contributed by atoms with Crippen LogP contribution < -0.4 is 18.9 Å². The summed E-state index contributed by atoms with van der Waals surface area (Å²) >= 11 is 0. The van der Waals surface area contributed by atoms with Gasteiger partial charge < -0.3 is 18.9 Å². The van der Waals surface area contributed by atoms with E-state index in [2.05, 4.69) is 67.3 Å². The van der Waals surface area contributed by atoms with E-state index in [9.17, 15) is 0 Å². The summed E-state index contributed by atoms with van der Waals surface area (Å²) in [6.07, 6.45) is 13.0. The summed E-state index contributed by atoms with van der Waals surface area (Å²) in [4.78, 5) is 12.2. The van der Waals surface area contributed by atoms with Gasteiger partial charge in [0.15, 0.2) is 0 Å². The highest BCUT2D eigenvalue weighted by atomic mass is 16.5. The highest BCUT2D eigenvalue weighted by Gasteiger charge is 2.47. The van der Waals surface area contributed by atoms with Crippen LogP contribution in [0.15, 0.2) is 85.2 Å². The van der Waals surface area contributed by atoms with E-state index >= 15 is 0 Å². The number of rotatable bonds is 12. The molecule has 3 aromatic carbocycles. The number of hydrogen-bond donors (Lipinski definition) is 0. The molecule has 0 N–H and O–H groups in total. The topological polar surface area (TPSA) is 91.7 Å². The Hall–Kier alpha value is -5.02. The number of fused-ring (bicyclic) bond motifs is 9. The van der Waals surface area contributed by atoms with Crippen LogP contribution in [0.4, 0.5) is 0 Å². The van der Waals surface area contributed by atoms with Crippen LogP contribution in [-0.4, -0.2) is 58.4 Å². The van der Waals surface area contributed by atoms with Crippen molar-refractivity contribution in [2.24, 2.45) is 35.5 Å². The molecule has 58 heavy (non-hydrogen) atoms. The van der Waals surface area contributed by atoms with Gasteiger partial charge in [-0.3, -0.25) is 14.9 Å². The summed E-state index contributed by atoms with van der Waals surface area (Å²) < 4.78 is 26.1. The van der Waals surface area contributed by atoms with Gasteiger partial charge in [0.1, 0.15) is 23.7 Å². The van der Waals surface area contributed by atoms with Crippen LogP contribution >= 0.6 is 0 Å². The van der Waals surface area contributed by atoms with E-state index in [1.54, 1.807) is 14.2 Å². The van der Waals surface area contributed by atoms with Gasteiger partial charge in [-0.05, 0) is 135 Å². The molecule has 3 aromatic heterocycles. The van der Waals surface area contributed by atoms with E-state index in [4.69, 9.17) is 39.1 Å². The molecule has 12 rings (SSSR count). The minimum Gasteiger partial charge on any atom is -0.497 e. The molecule has 5 unspecified atom stereocenters. The Morgan fingerprint density at radius 2 is 1.21 bits per heavy atom. The van der Waals surface area contributed by atoms with Crippen LogP contribution in [0.5, 0.6) is 23.3 Å². The van der Waals surface area contributed by atoms with Crippen molar-refractivity contribution in [3.63, 3.8) is 0 Å². The summed E-state index contributed by atoms with van der Waals surface area (Å²) in [5, 5.41) is 13.8. The van der Waals surface area contributed by atoms with Crippen molar-refractivity contribution < 1.29 is 18.9 Å². The monoisotopic (exact) mass is 777 g/mol. The number of aromatic nitrogens is 4. The highest BCUT2D eigenvalue weighted by Crippen LogP contribution is 2.55. The maximum atomic E-state index is 7.34. The molecule has 9 nitrogen and oxygen atoms in total. The number of hydrogen-bond acceptors (Lipinski definition) is 9. The first-order chi connectivity index (χ1) is 28.5. The fourth-order valence-electron chi connectivity index (χ4n) is 11.7. The molecule has 4 bridgehead atoms. The van der Waals surface area contributed by atoms with Crippen LogP contribution in [0.1, 0.15) is 88.5 Å². The molecule has 6 aromatic rings. The molecule has 3 saturated heterocycles. The van der Waals surface area contributed by atoms with Gasteiger partial charge >= 0.3 is 0 Å². The SMILES string of the molecule is CCC1CN2CCC1CC2[C@@H](Oc1nnc(O[C@@H](c2ccnc3ccc(OC)cc23)[C@H]2C[C@H]3CC[C@@H]2CC3CC)c2ccccc12)c1ccnc2ccc(OC)cc12. The quantitative estimate of drug-likeness (QED) is 0.120. The molecule has 3 aliphatic heterocycles. The third kappa shape index (κ3) is 6.59. The van der Waals surface area contributed by atoms with Crippen molar-refractivity contribution in [3.05, 3.63) is 96.3 Å². The number of methoxy groups -OCH3 is 2. The molecular formula is C49H55N5O4. The Kier molecular flexibility index (Phi) is 10.0. The number of nitrogens with zero attached hydrogens (tertiary/aromatic N) is 5. The largest absolute Gasteiger partial charge is 0.497 e. The van der Waals surface area contributed by atoms with Crippen molar-refractivity contribution in [2.75, 3.05) is 27.3 Å². The van der Waals surface area contributed by atoms with Crippen LogP contribution in [0.2, 0.25) is 0 Å². The van der Waals surface area contributed by atoms with Crippen molar-refractivity contribution in [3.8, 4) is 23.3 Å². The summed E-state index contributed by atoms with van der Waals surface area (Å²) in [7, 11) is 3.44. The van der Waals surface area contributed by atoms with Crippen LogP contribution in [-0.2, 0) is 0 Å². The summed E-state index contributed by atoms with van der Waals surface area (Å²) in [5.41, 5.74) is 4.08. The van der Waals surface area contributed by atoms with E-state index in [1.165, 1.54) is 38.5 Å². The summed E-state index contributed by atoms with van der Waals surface area (Å²) in [6, 6.07) is 25.0.